The summed E-state index contributed by atoms with van der Waals surface area (Å²) in [6.07, 6.45) is 12.2. The number of allylic oxidation sites excluding steroid dienone is 1. The van der Waals surface area contributed by atoms with Crippen LogP contribution in [0.5, 0.6) is 0 Å². The fraction of sp³-hybridized carbons (Fsp3) is 0.933. The van der Waals surface area contributed by atoms with E-state index in [-0.39, 0.29) is 16.9 Å². The highest BCUT2D eigenvalue weighted by Gasteiger charge is 2.70. The zero-order valence-corrected chi connectivity index (χ0v) is 21.8. The molecule has 0 aromatic heterocycles. The van der Waals surface area contributed by atoms with E-state index in [9.17, 15) is 10.2 Å². The van der Waals surface area contributed by atoms with E-state index in [1.54, 1.807) is 0 Å². The molecule has 10 atom stereocenters. The van der Waals surface area contributed by atoms with Gasteiger partial charge >= 0.3 is 0 Å². The van der Waals surface area contributed by atoms with Crippen molar-refractivity contribution in [2.75, 3.05) is 6.61 Å². The Morgan fingerprint density at radius 1 is 0.812 bits per heavy atom. The summed E-state index contributed by atoms with van der Waals surface area (Å²) >= 11 is 0. The van der Waals surface area contributed by atoms with Crippen LogP contribution in [0.4, 0.5) is 0 Å². The SMILES string of the molecule is C=C(C)[C@H]1CC[C@@]2(CO)CC[C@]3(C)[C@@H](CC[C@@H]4[C@]5(C)CC[C@H](O)C(C)(C)[C@@H]5CC[C@@]43C)[C@H]12. The summed E-state index contributed by atoms with van der Waals surface area (Å²) in [5, 5.41) is 21.5. The first-order chi connectivity index (χ1) is 14.9. The lowest BCUT2D eigenvalue weighted by atomic mass is 9.32. The minimum absolute atomic E-state index is 0.0290. The standard InChI is InChI=1S/C30H50O2/c1-19(2)20-10-15-30(18-31)17-16-28(6)21(25(20)30)8-9-23-27(5)13-12-24(32)26(3,4)22(27)11-14-29(23,28)7/h20-25,31-32H,1,8-18H2,2-7H3/t20-,21+,22+,23-,24+,25+,27-,28-,29+,30+/m1/s1. The topological polar surface area (TPSA) is 40.5 Å². The zero-order valence-electron chi connectivity index (χ0n) is 21.8. The molecule has 5 fully saturated rings. The summed E-state index contributed by atoms with van der Waals surface area (Å²) in [6.45, 7) is 19.7. The molecule has 5 aliphatic carbocycles. The molecular formula is C30H50O2. The van der Waals surface area contributed by atoms with E-state index < -0.39 is 0 Å². The number of aliphatic hydroxyl groups is 2. The lowest BCUT2D eigenvalue weighted by Crippen LogP contribution is -2.66. The van der Waals surface area contributed by atoms with Gasteiger partial charge in [0, 0.05) is 6.61 Å². The minimum Gasteiger partial charge on any atom is -0.396 e. The van der Waals surface area contributed by atoms with Crippen molar-refractivity contribution in [3.63, 3.8) is 0 Å². The van der Waals surface area contributed by atoms with Crippen molar-refractivity contribution >= 4 is 0 Å². The summed E-state index contributed by atoms with van der Waals surface area (Å²) in [5.41, 5.74) is 2.60. The molecule has 2 N–H and O–H groups in total. The average Bonchev–Trinajstić information content (AvgIpc) is 3.12. The molecule has 182 valence electrons. The molecule has 5 saturated carbocycles. The molecule has 0 unspecified atom stereocenters. The maximum absolute atomic E-state index is 10.9. The van der Waals surface area contributed by atoms with Gasteiger partial charge in [-0.15, -0.1) is 0 Å². The van der Waals surface area contributed by atoms with Gasteiger partial charge in [0.1, 0.15) is 0 Å². The molecule has 5 rings (SSSR count). The summed E-state index contributed by atoms with van der Waals surface area (Å²) in [4.78, 5) is 0. The van der Waals surface area contributed by atoms with Gasteiger partial charge in [0.2, 0.25) is 0 Å². The lowest BCUT2D eigenvalue weighted by molar-refractivity contribution is -0.249. The maximum Gasteiger partial charge on any atom is 0.0594 e. The van der Waals surface area contributed by atoms with E-state index in [1.165, 1.54) is 63.4 Å². The van der Waals surface area contributed by atoms with Crippen molar-refractivity contribution in [1.29, 1.82) is 0 Å². The first-order valence-corrected chi connectivity index (χ1v) is 13.8. The Bertz CT molecular complexity index is 786. The van der Waals surface area contributed by atoms with E-state index in [1.807, 2.05) is 0 Å². The molecule has 0 aromatic rings. The van der Waals surface area contributed by atoms with Gasteiger partial charge in [0.05, 0.1) is 6.10 Å². The monoisotopic (exact) mass is 442 g/mol. The van der Waals surface area contributed by atoms with E-state index in [2.05, 4.69) is 48.1 Å². The third kappa shape index (κ3) is 2.66. The summed E-state index contributed by atoms with van der Waals surface area (Å²) in [7, 11) is 0. The molecule has 0 aliphatic heterocycles. The second-order valence-corrected chi connectivity index (χ2v) is 14.6. The van der Waals surface area contributed by atoms with Crippen LogP contribution in [0, 0.1) is 56.7 Å². The van der Waals surface area contributed by atoms with Gasteiger partial charge in [0.15, 0.2) is 0 Å². The van der Waals surface area contributed by atoms with Gasteiger partial charge in [-0.3, -0.25) is 0 Å². The lowest BCUT2D eigenvalue weighted by Gasteiger charge is -2.73. The smallest absolute Gasteiger partial charge is 0.0594 e. The quantitative estimate of drug-likeness (QED) is 0.452. The Labute approximate surface area is 197 Å². The van der Waals surface area contributed by atoms with Crippen LogP contribution in [0.15, 0.2) is 12.2 Å². The third-order valence-electron chi connectivity index (χ3n) is 13.5. The van der Waals surface area contributed by atoms with Crippen LogP contribution in [-0.4, -0.2) is 22.9 Å². The Hall–Kier alpha value is -0.340. The van der Waals surface area contributed by atoms with E-state index >= 15 is 0 Å². The molecule has 0 spiro atoms. The van der Waals surface area contributed by atoms with Crippen molar-refractivity contribution in [1.82, 2.24) is 0 Å². The summed E-state index contributed by atoms with van der Waals surface area (Å²) in [5.74, 6) is 3.33. The van der Waals surface area contributed by atoms with E-state index in [0.717, 1.165) is 18.3 Å². The van der Waals surface area contributed by atoms with E-state index in [4.69, 9.17) is 0 Å². The first-order valence-electron chi connectivity index (χ1n) is 13.8. The molecule has 0 radical (unpaired) electrons. The van der Waals surface area contributed by atoms with Crippen molar-refractivity contribution in [2.24, 2.45) is 56.7 Å². The molecule has 2 nitrogen and oxygen atoms in total. The summed E-state index contributed by atoms with van der Waals surface area (Å²) < 4.78 is 0. The average molecular weight is 443 g/mol. The molecule has 5 aliphatic rings. The third-order valence-corrected chi connectivity index (χ3v) is 13.5. The number of hydrogen-bond acceptors (Lipinski definition) is 2. The van der Waals surface area contributed by atoms with Gasteiger partial charge in [-0.25, -0.2) is 0 Å². The molecule has 0 saturated heterocycles. The van der Waals surface area contributed by atoms with Crippen molar-refractivity contribution in [2.45, 2.75) is 112 Å². The van der Waals surface area contributed by atoms with Crippen molar-refractivity contribution in [3.8, 4) is 0 Å². The van der Waals surface area contributed by atoms with Crippen LogP contribution >= 0.6 is 0 Å². The fourth-order valence-electron chi connectivity index (χ4n) is 11.5. The molecule has 0 bridgehead atoms. The molecule has 0 amide bonds. The van der Waals surface area contributed by atoms with Crippen LogP contribution in [0.2, 0.25) is 0 Å². The zero-order chi connectivity index (χ0) is 23.3. The van der Waals surface area contributed by atoms with Crippen LogP contribution in [-0.2, 0) is 0 Å². The normalized spacial score (nSPS) is 56.5. The predicted octanol–water partition coefficient (Wildman–Crippen LogP) is 7.00. The Balaban J connectivity index is 1.55. The number of hydrogen-bond donors (Lipinski definition) is 2. The van der Waals surface area contributed by atoms with Crippen molar-refractivity contribution in [3.05, 3.63) is 12.2 Å². The van der Waals surface area contributed by atoms with Crippen molar-refractivity contribution < 1.29 is 10.2 Å². The number of rotatable bonds is 2. The Kier molecular flexibility index (Phi) is 5.19. The Morgan fingerprint density at radius 2 is 1.53 bits per heavy atom. The van der Waals surface area contributed by atoms with Gasteiger partial charge in [-0.1, -0.05) is 46.8 Å². The van der Waals surface area contributed by atoms with Crippen LogP contribution < -0.4 is 0 Å². The van der Waals surface area contributed by atoms with E-state index in [0.29, 0.717) is 40.6 Å². The minimum atomic E-state index is -0.147. The highest BCUT2D eigenvalue weighted by molar-refractivity contribution is 5.21. The summed E-state index contributed by atoms with van der Waals surface area (Å²) in [6, 6.07) is 0. The van der Waals surface area contributed by atoms with Gasteiger partial charge < -0.3 is 10.2 Å². The van der Waals surface area contributed by atoms with Crippen LogP contribution in [0.1, 0.15) is 106 Å². The predicted molar refractivity (Wildman–Crippen MR) is 132 cm³/mol. The molecular weight excluding hydrogens is 392 g/mol. The van der Waals surface area contributed by atoms with Crippen LogP contribution in [0.25, 0.3) is 0 Å². The van der Waals surface area contributed by atoms with Gasteiger partial charge in [-0.2, -0.15) is 0 Å². The highest BCUT2D eigenvalue weighted by Crippen LogP contribution is 2.77. The fourth-order valence-corrected chi connectivity index (χ4v) is 11.5. The molecule has 0 heterocycles. The molecule has 32 heavy (non-hydrogen) atoms. The van der Waals surface area contributed by atoms with Gasteiger partial charge in [-0.05, 0) is 128 Å². The largest absolute Gasteiger partial charge is 0.396 e. The number of fused-ring (bicyclic) bond motifs is 7. The first kappa shape index (κ1) is 23.4. The van der Waals surface area contributed by atoms with Crippen LogP contribution in [0.3, 0.4) is 0 Å². The maximum atomic E-state index is 10.9. The number of aliphatic hydroxyl groups excluding tert-OH is 2. The second kappa shape index (κ2) is 7.09. The Morgan fingerprint density at radius 3 is 2.19 bits per heavy atom. The highest BCUT2D eigenvalue weighted by atomic mass is 16.3. The molecule has 2 heteroatoms. The molecule has 0 aromatic carbocycles. The second-order valence-electron chi connectivity index (χ2n) is 14.6. The van der Waals surface area contributed by atoms with Gasteiger partial charge in [0.25, 0.3) is 0 Å².